The maximum atomic E-state index is 13.0. The second-order valence-electron chi connectivity index (χ2n) is 10.2. The summed E-state index contributed by atoms with van der Waals surface area (Å²) in [5.41, 5.74) is 1.24. The Labute approximate surface area is 199 Å². The molecule has 1 aromatic rings. The molecule has 1 aliphatic carbocycles. The van der Waals surface area contributed by atoms with Crippen molar-refractivity contribution >= 4 is 11.9 Å². The SMILES string of the molecule is CCOC(=O)CNC(=O)C(CCN1CC[C@](C)(c2cccc(O)c2)[C@@H](C)C1)C1CCCCC1. The average Bonchev–Trinajstić information content (AvgIpc) is 2.81. The third kappa shape index (κ3) is 6.72. The lowest BCUT2D eigenvalue weighted by molar-refractivity contribution is -0.144. The number of benzene rings is 1. The van der Waals surface area contributed by atoms with Gasteiger partial charge in [0.05, 0.1) is 6.61 Å². The van der Waals surface area contributed by atoms with E-state index in [1.807, 2.05) is 12.1 Å². The lowest BCUT2D eigenvalue weighted by Gasteiger charge is -2.45. The number of hydrogen-bond acceptors (Lipinski definition) is 5. The zero-order chi connectivity index (χ0) is 23.8. The van der Waals surface area contributed by atoms with Crippen LogP contribution >= 0.6 is 0 Å². The molecule has 1 aromatic carbocycles. The van der Waals surface area contributed by atoms with Gasteiger partial charge in [0.1, 0.15) is 12.3 Å². The van der Waals surface area contributed by atoms with Crippen LogP contribution < -0.4 is 5.32 Å². The molecule has 0 bridgehead atoms. The third-order valence-corrected chi connectivity index (χ3v) is 8.10. The Hall–Kier alpha value is -2.08. The molecule has 1 amide bonds. The molecule has 1 unspecified atom stereocenters. The van der Waals surface area contributed by atoms with E-state index in [0.717, 1.165) is 45.3 Å². The monoisotopic (exact) mass is 458 g/mol. The number of carbonyl (C=O) groups is 2. The minimum absolute atomic E-state index is 0.00427. The van der Waals surface area contributed by atoms with Crippen LogP contribution in [0.1, 0.15) is 71.3 Å². The van der Waals surface area contributed by atoms with Gasteiger partial charge in [-0.1, -0.05) is 45.2 Å². The summed E-state index contributed by atoms with van der Waals surface area (Å²) in [4.78, 5) is 27.3. The molecule has 1 saturated carbocycles. The fourth-order valence-corrected chi connectivity index (χ4v) is 5.75. The Bertz CT molecular complexity index is 792. The number of phenolic OH excluding ortho intramolecular Hbond substituents is 1. The molecule has 33 heavy (non-hydrogen) atoms. The van der Waals surface area contributed by atoms with E-state index in [1.54, 1.807) is 13.0 Å². The van der Waals surface area contributed by atoms with Gasteiger partial charge < -0.3 is 20.1 Å². The maximum Gasteiger partial charge on any atom is 0.325 e. The van der Waals surface area contributed by atoms with Crippen molar-refractivity contribution in [2.24, 2.45) is 17.8 Å². The number of amides is 1. The highest BCUT2D eigenvalue weighted by Crippen LogP contribution is 2.40. The van der Waals surface area contributed by atoms with E-state index in [-0.39, 0.29) is 29.8 Å². The van der Waals surface area contributed by atoms with Crippen LogP contribution in [0.2, 0.25) is 0 Å². The minimum atomic E-state index is -0.371. The highest BCUT2D eigenvalue weighted by molar-refractivity contribution is 5.83. The van der Waals surface area contributed by atoms with Crippen molar-refractivity contribution in [2.45, 2.75) is 71.1 Å². The van der Waals surface area contributed by atoms with Crippen LogP contribution in [0.4, 0.5) is 0 Å². The van der Waals surface area contributed by atoms with Crippen LogP contribution in [-0.4, -0.2) is 54.7 Å². The fourth-order valence-electron chi connectivity index (χ4n) is 5.75. The number of ether oxygens (including phenoxy) is 1. The van der Waals surface area contributed by atoms with Gasteiger partial charge >= 0.3 is 5.97 Å². The summed E-state index contributed by atoms with van der Waals surface area (Å²) in [5, 5.41) is 12.8. The summed E-state index contributed by atoms with van der Waals surface area (Å²) in [7, 11) is 0. The van der Waals surface area contributed by atoms with Gasteiger partial charge in [0.2, 0.25) is 5.91 Å². The molecular weight excluding hydrogens is 416 g/mol. The molecule has 3 rings (SSSR count). The van der Waals surface area contributed by atoms with Gasteiger partial charge in [-0.3, -0.25) is 9.59 Å². The molecule has 3 atom stereocenters. The van der Waals surface area contributed by atoms with Gasteiger partial charge in [0.15, 0.2) is 0 Å². The Morgan fingerprint density at radius 2 is 2.03 bits per heavy atom. The van der Waals surface area contributed by atoms with E-state index in [4.69, 9.17) is 4.74 Å². The molecule has 0 spiro atoms. The maximum absolute atomic E-state index is 13.0. The predicted molar refractivity (Wildman–Crippen MR) is 130 cm³/mol. The van der Waals surface area contributed by atoms with Gasteiger partial charge in [0.25, 0.3) is 0 Å². The normalized spacial score (nSPS) is 25.4. The number of carbonyl (C=O) groups excluding carboxylic acids is 2. The third-order valence-electron chi connectivity index (χ3n) is 8.10. The first-order valence-electron chi connectivity index (χ1n) is 12.8. The predicted octanol–water partition coefficient (Wildman–Crippen LogP) is 4.26. The first kappa shape index (κ1) is 25.5. The van der Waals surface area contributed by atoms with Crippen molar-refractivity contribution in [2.75, 3.05) is 32.8 Å². The van der Waals surface area contributed by atoms with Crippen LogP contribution in [0.15, 0.2) is 24.3 Å². The highest BCUT2D eigenvalue weighted by Gasteiger charge is 2.38. The highest BCUT2D eigenvalue weighted by atomic mass is 16.5. The summed E-state index contributed by atoms with van der Waals surface area (Å²) in [6, 6.07) is 7.68. The van der Waals surface area contributed by atoms with E-state index >= 15 is 0 Å². The van der Waals surface area contributed by atoms with Crippen LogP contribution in [0.5, 0.6) is 5.75 Å². The Kier molecular flexibility index (Phi) is 9.19. The van der Waals surface area contributed by atoms with Crippen molar-refractivity contribution in [1.82, 2.24) is 10.2 Å². The average molecular weight is 459 g/mol. The van der Waals surface area contributed by atoms with Crippen molar-refractivity contribution in [3.05, 3.63) is 29.8 Å². The van der Waals surface area contributed by atoms with E-state index in [1.165, 1.54) is 24.8 Å². The van der Waals surface area contributed by atoms with Crippen molar-refractivity contribution in [3.8, 4) is 5.75 Å². The molecule has 0 radical (unpaired) electrons. The van der Waals surface area contributed by atoms with Gasteiger partial charge in [-0.25, -0.2) is 0 Å². The topological polar surface area (TPSA) is 78.9 Å². The number of nitrogens with one attached hydrogen (secondary N) is 1. The number of phenols is 1. The lowest BCUT2D eigenvalue weighted by atomic mass is 9.68. The number of hydrogen-bond donors (Lipinski definition) is 2. The summed E-state index contributed by atoms with van der Waals surface area (Å²) in [6.07, 6.45) is 7.69. The van der Waals surface area contributed by atoms with Crippen LogP contribution in [-0.2, 0) is 19.7 Å². The summed E-state index contributed by atoms with van der Waals surface area (Å²) < 4.78 is 4.97. The van der Waals surface area contributed by atoms with E-state index in [0.29, 0.717) is 24.2 Å². The van der Waals surface area contributed by atoms with Gasteiger partial charge in [-0.15, -0.1) is 0 Å². The number of rotatable bonds is 9. The molecule has 1 heterocycles. The van der Waals surface area contributed by atoms with Crippen LogP contribution in [0.3, 0.4) is 0 Å². The molecule has 0 aromatic heterocycles. The molecule has 1 aliphatic heterocycles. The first-order chi connectivity index (χ1) is 15.8. The molecular formula is C27H42N2O4. The van der Waals surface area contributed by atoms with Crippen LogP contribution in [0.25, 0.3) is 0 Å². The standard InChI is InChI=1S/C27H42N2O4/c1-4-33-25(31)18-28-26(32)24(21-9-6-5-7-10-21)13-15-29-16-14-27(3,20(2)19-29)22-11-8-12-23(30)17-22/h8,11-12,17,20-21,24,30H,4-7,9-10,13-16,18-19H2,1-3H3,(H,28,32)/t20-,24?,27-/m0/s1. The minimum Gasteiger partial charge on any atom is -0.508 e. The molecule has 1 saturated heterocycles. The zero-order valence-corrected chi connectivity index (χ0v) is 20.6. The molecule has 184 valence electrons. The number of esters is 1. The van der Waals surface area contributed by atoms with Crippen molar-refractivity contribution in [3.63, 3.8) is 0 Å². The summed E-state index contributed by atoms with van der Waals surface area (Å²) >= 11 is 0. The second-order valence-corrected chi connectivity index (χ2v) is 10.2. The van der Waals surface area contributed by atoms with Gasteiger partial charge in [0, 0.05) is 12.5 Å². The molecule has 2 N–H and O–H groups in total. The van der Waals surface area contributed by atoms with Crippen molar-refractivity contribution < 1.29 is 19.4 Å². The van der Waals surface area contributed by atoms with E-state index in [2.05, 4.69) is 30.1 Å². The quantitative estimate of drug-likeness (QED) is 0.541. The summed E-state index contributed by atoms with van der Waals surface area (Å²) in [6.45, 7) is 9.52. The molecule has 2 aliphatic rings. The zero-order valence-electron chi connectivity index (χ0n) is 20.6. The Balaban J connectivity index is 1.58. The summed E-state index contributed by atoms with van der Waals surface area (Å²) in [5.74, 6) is 0.760. The van der Waals surface area contributed by atoms with Gasteiger partial charge in [-0.2, -0.15) is 0 Å². The molecule has 6 heteroatoms. The molecule has 6 nitrogen and oxygen atoms in total. The first-order valence-corrected chi connectivity index (χ1v) is 12.8. The van der Waals surface area contributed by atoms with Crippen LogP contribution in [0, 0.1) is 17.8 Å². The molecule has 2 fully saturated rings. The lowest BCUT2D eigenvalue weighted by Crippen LogP contribution is -2.48. The fraction of sp³-hybridized carbons (Fsp3) is 0.704. The smallest absolute Gasteiger partial charge is 0.325 e. The Morgan fingerprint density at radius 1 is 1.27 bits per heavy atom. The number of piperidine rings is 1. The largest absolute Gasteiger partial charge is 0.508 e. The number of aromatic hydroxyl groups is 1. The number of nitrogens with zero attached hydrogens (tertiary/aromatic N) is 1. The van der Waals surface area contributed by atoms with Gasteiger partial charge in [-0.05, 0) is 80.6 Å². The Morgan fingerprint density at radius 3 is 2.70 bits per heavy atom. The van der Waals surface area contributed by atoms with E-state index in [9.17, 15) is 14.7 Å². The number of likely N-dealkylation sites (tertiary alicyclic amines) is 1. The van der Waals surface area contributed by atoms with E-state index < -0.39 is 0 Å². The second kappa shape index (κ2) is 11.9. The van der Waals surface area contributed by atoms with Crippen molar-refractivity contribution in [1.29, 1.82) is 0 Å².